The van der Waals surface area contributed by atoms with Crippen molar-refractivity contribution < 1.29 is 4.79 Å². The Morgan fingerprint density at radius 3 is 2.67 bits per heavy atom. The molecule has 1 aromatic rings. The predicted octanol–water partition coefficient (Wildman–Crippen LogP) is 1.11. The van der Waals surface area contributed by atoms with E-state index in [0.29, 0.717) is 24.0 Å². The van der Waals surface area contributed by atoms with E-state index in [9.17, 15) is 4.79 Å². The maximum atomic E-state index is 12.0. The molecule has 5 heteroatoms. The highest BCUT2D eigenvalue weighted by atomic mass is 16.1. The smallest absolute Gasteiger partial charge is 0.251 e. The van der Waals surface area contributed by atoms with Crippen LogP contribution in [0, 0.1) is 6.92 Å². The number of carbonyl (C=O) groups is 1. The summed E-state index contributed by atoms with van der Waals surface area (Å²) in [6.45, 7) is 4.57. The molecule has 18 heavy (non-hydrogen) atoms. The van der Waals surface area contributed by atoms with E-state index >= 15 is 0 Å². The molecule has 0 aliphatic heterocycles. The molecular weight excluding hydrogens is 228 g/mol. The summed E-state index contributed by atoms with van der Waals surface area (Å²) >= 11 is 0. The first-order chi connectivity index (χ1) is 8.43. The largest absolute Gasteiger partial charge is 0.373 e. The molecular formula is C13H22N4O. The van der Waals surface area contributed by atoms with Crippen molar-refractivity contribution >= 4 is 11.7 Å². The third-order valence-corrected chi connectivity index (χ3v) is 2.91. The van der Waals surface area contributed by atoms with Crippen LogP contribution >= 0.6 is 0 Å². The first-order valence-electron chi connectivity index (χ1n) is 6.05. The first kappa shape index (κ1) is 14.4. The normalized spacial score (nSPS) is 12.3. The summed E-state index contributed by atoms with van der Waals surface area (Å²) in [6.07, 6.45) is 0. The van der Waals surface area contributed by atoms with Crippen LogP contribution in [0.2, 0.25) is 0 Å². The number of hydrogen-bond acceptors (Lipinski definition) is 4. The number of nitrogens with one attached hydrogen (secondary N) is 2. The van der Waals surface area contributed by atoms with Crippen LogP contribution in [0.4, 0.5) is 5.82 Å². The number of pyridine rings is 1. The minimum absolute atomic E-state index is 0.0642. The van der Waals surface area contributed by atoms with Crippen LogP contribution in [0.3, 0.4) is 0 Å². The Morgan fingerprint density at radius 2 is 2.11 bits per heavy atom. The molecule has 0 aliphatic carbocycles. The van der Waals surface area contributed by atoms with Crippen LogP contribution in [0.1, 0.15) is 23.0 Å². The van der Waals surface area contributed by atoms with Gasteiger partial charge in [-0.25, -0.2) is 4.98 Å². The average molecular weight is 250 g/mol. The van der Waals surface area contributed by atoms with Gasteiger partial charge in [0.05, 0.1) is 0 Å². The molecule has 1 aromatic heterocycles. The fraction of sp³-hybridized carbons (Fsp3) is 0.538. The van der Waals surface area contributed by atoms with Crippen molar-refractivity contribution in [2.75, 3.05) is 33.0 Å². The molecule has 1 unspecified atom stereocenters. The maximum absolute atomic E-state index is 12.0. The van der Waals surface area contributed by atoms with E-state index in [2.05, 4.69) is 27.4 Å². The van der Waals surface area contributed by atoms with E-state index in [1.807, 2.05) is 21.0 Å². The summed E-state index contributed by atoms with van der Waals surface area (Å²) < 4.78 is 0. The first-order valence-corrected chi connectivity index (χ1v) is 6.05. The van der Waals surface area contributed by atoms with E-state index in [1.54, 1.807) is 19.2 Å². The van der Waals surface area contributed by atoms with Gasteiger partial charge in [0.1, 0.15) is 5.82 Å². The van der Waals surface area contributed by atoms with Crippen LogP contribution in [0.15, 0.2) is 12.1 Å². The molecule has 0 saturated carbocycles. The quantitative estimate of drug-likeness (QED) is 0.822. The number of anilines is 1. The van der Waals surface area contributed by atoms with Crippen LogP contribution in [-0.4, -0.2) is 49.5 Å². The average Bonchev–Trinajstić information content (AvgIpc) is 2.34. The molecule has 1 heterocycles. The molecule has 0 radical (unpaired) electrons. The van der Waals surface area contributed by atoms with Crippen molar-refractivity contribution in [2.24, 2.45) is 0 Å². The Bertz CT molecular complexity index is 417. The third-order valence-electron chi connectivity index (χ3n) is 2.91. The van der Waals surface area contributed by atoms with Crippen LogP contribution < -0.4 is 10.6 Å². The third kappa shape index (κ3) is 4.00. The predicted molar refractivity (Wildman–Crippen MR) is 74.0 cm³/mol. The summed E-state index contributed by atoms with van der Waals surface area (Å²) in [5, 5.41) is 5.87. The monoisotopic (exact) mass is 250 g/mol. The molecule has 1 rings (SSSR count). The van der Waals surface area contributed by atoms with Gasteiger partial charge >= 0.3 is 0 Å². The van der Waals surface area contributed by atoms with Gasteiger partial charge in [0.25, 0.3) is 5.91 Å². The van der Waals surface area contributed by atoms with Crippen LogP contribution in [0.25, 0.3) is 0 Å². The Morgan fingerprint density at radius 1 is 1.44 bits per heavy atom. The highest BCUT2D eigenvalue weighted by Gasteiger charge is 2.10. The topological polar surface area (TPSA) is 57.3 Å². The fourth-order valence-electron chi connectivity index (χ4n) is 1.45. The number of likely N-dealkylation sites (N-methyl/N-ethyl adjacent to an activating group) is 1. The second kappa shape index (κ2) is 6.35. The summed E-state index contributed by atoms with van der Waals surface area (Å²) in [7, 11) is 5.77. The molecule has 100 valence electrons. The zero-order valence-electron chi connectivity index (χ0n) is 11.7. The van der Waals surface area contributed by atoms with Crippen molar-refractivity contribution in [3.8, 4) is 0 Å². The second-order valence-corrected chi connectivity index (χ2v) is 4.66. The molecule has 1 atom stereocenters. The highest BCUT2D eigenvalue weighted by molar-refractivity contribution is 5.95. The maximum Gasteiger partial charge on any atom is 0.251 e. The van der Waals surface area contributed by atoms with Crippen molar-refractivity contribution in [1.82, 2.24) is 15.2 Å². The molecule has 0 saturated heterocycles. The minimum atomic E-state index is -0.0642. The molecule has 0 spiro atoms. The van der Waals surface area contributed by atoms with Gasteiger partial charge in [-0.2, -0.15) is 0 Å². The number of rotatable bonds is 5. The molecule has 0 aromatic carbocycles. The van der Waals surface area contributed by atoms with E-state index in [0.717, 1.165) is 5.69 Å². The van der Waals surface area contributed by atoms with Gasteiger partial charge in [0.2, 0.25) is 0 Å². The van der Waals surface area contributed by atoms with E-state index in [-0.39, 0.29) is 5.91 Å². The van der Waals surface area contributed by atoms with Gasteiger partial charge in [-0.1, -0.05) is 0 Å². The van der Waals surface area contributed by atoms with Gasteiger partial charge in [0, 0.05) is 30.9 Å². The lowest BCUT2D eigenvalue weighted by Crippen LogP contribution is -2.38. The van der Waals surface area contributed by atoms with Gasteiger partial charge < -0.3 is 15.5 Å². The number of aryl methyl sites for hydroxylation is 1. The van der Waals surface area contributed by atoms with E-state index < -0.39 is 0 Å². The summed E-state index contributed by atoms with van der Waals surface area (Å²) in [5.74, 6) is 0.645. The van der Waals surface area contributed by atoms with Gasteiger partial charge in [0.15, 0.2) is 0 Å². The molecule has 1 amide bonds. The Labute approximate surface area is 109 Å². The summed E-state index contributed by atoms with van der Waals surface area (Å²) in [6, 6.07) is 3.85. The lowest BCUT2D eigenvalue weighted by molar-refractivity contribution is 0.0943. The summed E-state index contributed by atoms with van der Waals surface area (Å²) in [4.78, 5) is 18.3. The van der Waals surface area contributed by atoms with Crippen molar-refractivity contribution in [2.45, 2.75) is 19.9 Å². The number of aromatic nitrogens is 1. The van der Waals surface area contributed by atoms with Gasteiger partial charge in [-0.3, -0.25) is 4.79 Å². The minimum Gasteiger partial charge on any atom is -0.373 e. The molecule has 5 nitrogen and oxygen atoms in total. The van der Waals surface area contributed by atoms with Crippen LogP contribution in [0.5, 0.6) is 0 Å². The zero-order valence-corrected chi connectivity index (χ0v) is 11.7. The van der Waals surface area contributed by atoms with Crippen molar-refractivity contribution in [3.63, 3.8) is 0 Å². The second-order valence-electron chi connectivity index (χ2n) is 4.66. The number of amides is 1. The summed E-state index contributed by atoms with van der Waals surface area (Å²) in [5.41, 5.74) is 1.46. The Hall–Kier alpha value is -1.62. The van der Waals surface area contributed by atoms with Crippen molar-refractivity contribution in [1.29, 1.82) is 0 Å². The molecule has 0 bridgehead atoms. The van der Waals surface area contributed by atoms with E-state index in [4.69, 9.17) is 0 Å². The standard InChI is InChI=1S/C13H22N4O/c1-9-6-11(7-12(14-3)16-9)13(18)15-8-10(2)17(4)5/h6-7,10H,8H2,1-5H3,(H,14,16)(H,15,18). The van der Waals surface area contributed by atoms with E-state index in [1.165, 1.54) is 0 Å². The Kier molecular flexibility index (Phi) is 5.09. The lowest BCUT2D eigenvalue weighted by atomic mass is 10.2. The number of nitrogens with zero attached hydrogens (tertiary/aromatic N) is 2. The van der Waals surface area contributed by atoms with Crippen molar-refractivity contribution in [3.05, 3.63) is 23.4 Å². The molecule has 0 aliphatic rings. The highest BCUT2D eigenvalue weighted by Crippen LogP contribution is 2.09. The van der Waals surface area contributed by atoms with Gasteiger partial charge in [-0.05, 0) is 40.1 Å². The Balaban J connectivity index is 2.69. The van der Waals surface area contributed by atoms with Gasteiger partial charge in [-0.15, -0.1) is 0 Å². The number of hydrogen-bond donors (Lipinski definition) is 2. The number of carbonyl (C=O) groups excluding carboxylic acids is 1. The zero-order chi connectivity index (χ0) is 13.7. The molecule has 2 N–H and O–H groups in total. The fourth-order valence-corrected chi connectivity index (χ4v) is 1.45. The SMILES string of the molecule is CNc1cc(C(=O)NCC(C)N(C)C)cc(C)n1. The molecule has 0 fully saturated rings. The lowest BCUT2D eigenvalue weighted by Gasteiger charge is -2.20. The van der Waals surface area contributed by atoms with Crippen LogP contribution in [-0.2, 0) is 0 Å².